The van der Waals surface area contributed by atoms with Crippen LogP contribution >= 0.6 is 0 Å². The highest BCUT2D eigenvalue weighted by atomic mass is 16.5. The number of benzene rings is 1. The first-order valence-corrected chi connectivity index (χ1v) is 6.62. The lowest BCUT2D eigenvalue weighted by atomic mass is 10.2. The maximum absolute atomic E-state index is 12.1. The Balaban J connectivity index is 2.69. The molecule has 0 unspecified atom stereocenters. The molecular weight excluding hydrogens is 270 g/mol. The molecule has 1 rings (SSSR count). The average molecular weight is 289 g/mol. The van der Waals surface area contributed by atoms with E-state index in [2.05, 4.69) is 0 Å². The third kappa shape index (κ3) is 5.53. The van der Waals surface area contributed by atoms with Gasteiger partial charge in [-0.05, 0) is 18.1 Å². The third-order valence-electron chi connectivity index (χ3n) is 2.64. The maximum atomic E-state index is 12.1. The molecule has 21 heavy (non-hydrogen) atoms. The molecule has 0 fully saturated rings. The second-order valence-corrected chi connectivity index (χ2v) is 5.03. The summed E-state index contributed by atoms with van der Waals surface area (Å²) in [6, 6.07) is 8.64. The van der Waals surface area contributed by atoms with Crippen LogP contribution in [-0.2, 0) is 9.59 Å². The van der Waals surface area contributed by atoms with Crippen LogP contribution in [0.5, 0.6) is 5.75 Å². The third-order valence-corrected chi connectivity index (χ3v) is 2.64. The summed E-state index contributed by atoms with van der Waals surface area (Å²) >= 11 is 0. The molecular formula is C15H19N3O3. The second-order valence-electron chi connectivity index (χ2n) is 5.03. The van der Waals surface area contributed by atoms with Crippen LogP contribution < -0.4 is 10.5 Å². The number of nitrogens with zero attached hydrogens (tertiary/aromatic N) is 2. The summed E-state index contributed by atoms with van der Waals surface area (Å²) in [4.78, 5) is 24.5. The Bertz CT molecular complexity index is 549. The number of ether oxygens (including phenoxy) is 1. The number of para-hydroxylation sites is 1. The van der Waals surface area contributed by atoms with Crippen LogP contribution in [0.4, 0.5) is 0 Å². The molecule has 0 atom stereocenters. The molecule has 1 aromatic rings. The number of carbonyl (C=O) groups excluding carboxylic acids is 2. The van der Waals surface area contributed by atoms with E-state index in [1.807, 2.05) is 19.9 Å². The van der Waals surface area contributed by atoms with Crippen LogP contribution in [0.1, 0.15) is 19.4 Å². The lowest BCUT2D eigenvalue weighted by Crippen LogP contribution is -2.42. The van der Waals surface area contributed by atoms with Crippen LogP contribution in [0.2, 0.25) is 0 Å². The summed E-state index contributed by atoms with van der Waals surface area (Å²) in [5, 5.41) is 8.94. The van der Waals surface area contributed by atoms with Crippen LogP contribution in [0, 0.1) is 17.2 Å². The molecule has 112 valence electrons. The maximum Gasteiger partial charge on any atom is 0.260 e. The Kier molecular flexibility index (Phi) is 6.21. The second kappa shape index (κ2) is 7.90. The number of hydrogen-bond acceptors (Lipinski definition) is 4. The number of amides is 2. The molecule has 6 heteroatoms. The summed E-state index contributed by atoms with van der Waals surface area (Å²) in [5.41, 5.74) is 5.50. The van der Waals surface area contributed by atoms with Crippen molar-refractivity contribution in [3.05, 3.63) is 29.8 Å². The summed E-state index contributed by atoms with van der Waals surface area (Å²) < 4.78 is 5.37. The number of hydrogen-bond donors (Lipinski definition) is 1. The van der Waals surface area contributed by atoms with E-state index in [1.165, 1.54) is 4.90 Å². The molecule has 0 radical (unpaired) electrons. The fraction of sp³-hybridized carbons (Fsp3) is 0.400. The minimum atomic E-state index is -0.568. The van der Waals surface area contributed by atoms with Gasteiger partial charge in [-0.3, -0.25) is 9.59 Å². The fourth-order valence-electron chi connectivity index (χ4n) is 1.80. The number of nitrogens with two attached hydrogens (primary N) is 1. The first-order valence-electron chi connectivity index (χ1n) is 6.62. The van der Waals surface area contributed by atoms with Crippen molar-refractivity contribution >= 4 is 11.8 Å². The van der Waals surface area contributed by atoms with Crippen molar-refractivity contribution in [2.24, 2.45) is 11.7 Å². The van der Waals surface area contributed by atoms with Gasteiger partial charge in [0.1, 0.15) is 11.8 Å². The molecule has 0 saturated heterocycles. The van der Waals surface area contributed by atoms with Crippen molar-refractivity contribution in [3.63, 3.8) is 0 Å². The van der Waals surface area contributed by atoms with Gasteiger partial charge in [0.2, 0.25) is 5.91 Å². The topological polar surface area (TPSA) is 96.4 Å². The van der Waals surface area contributed by atoms with Gasteiger partial charge in [-0.2, -0.15) is 5.26 Å². The smallest absolute Gasteiger partial charge is 0.260 e. The monoisotopic (exact) mass is 289 g/mol. The molecule has 0 saturated carbocycles. The Morgan fingerprint density at radius 1 is 1.38 bits per heavy atom. The van der Waals surface area contributed by atoms with Crippen molar-refractivity contribution in [3.8, 4) is 11.8 Å². The molecule has 6 nitrogen and oxygen atoms in total. The Morgan fingerprint density at radius 2 is 2.05 bits per heavy atom. The van der Waals surface area contributed by atoms with Gasteiger partial charge in [-0.25, -0.2) is 0 Å². The van der Waals surface area contributed by atoms with E-state index in [9.17, 15) is 9.59 Å². The standard InChI is InChI=1S/C15H19N3O3/c1-11(2)8-18(9-14(17)19)15(20)10-21-13-6-4-3-5-12(13)7-16/h3-6,11H,8-10H2,1-2H3,(H2,17,19). The Labute approximate surface area is 124 Å². The number of nitriles is 1. The SMILES string of the molecule is CC(C)CN(CC(N)=O)C(=O)COc1ccccc1C#N. The van der Waals surface area contributed by atoms with Crippen molar-refractivity contribution in [2.75, 3.05) is 19.7 Å². The first-order chi connectivity index (χ1) is 9.93. The van der Waals surface area contributed by atoms with E-state index in [-0.39, 0.29) is 25.0 Å². The quantitative estimate of drug-likeness (QED) is 0.806. The van der Waals surface area contributed by atoms with E-state index in [0.717, 1.165) is 0 Å². The molecule has 1 aromatic carbocycles. The van der Waals surface area contributed by atoms with Gasteiger partial charge in [0.15, 0.2) is 6.61 Å². The van der Waals surface area contributed by atoms with Crippen LogP contribution in [0.15, 0.2) is 24.3 Å². The normalized spacial score (nSPS) is 10.0. The van der Waals surface area contributed by atoms with Gasteiger partial charge in [0.05, 0.1) is 12.1 Å². The Hall–Kier alpha value is -2.55. The van der Waals surface area contributed by atoms with Crippen molar-refractivity contribution in [1.82, 2.24) is 4.90 Å². The average Bonchev–Trinajstić information content (AvgIpc) is 2.43. The van der Waals surface area contributed by atoms with Crippen molar-refractivity contribution in [2.45, 2.75) is 13.8 Å². The summed E-state index contributed by atoms with van der Waals surface area (Å²) in [6.07, 6.45) is 0. The van der Waals surface area contributed by atoms with Gasteiger partial charge >= 0.3 is 0 Å². The lowest BCUT2D eigenvalue weighted by molar-refractivity contribution is -0.137. The van der Waals surface area contributed by atoms with E-state index in [4.69, 9.17) is 15.7 Å². The van der Waals surface area contributed by atoms with Crippen LogP contribution in [0.3, 0.4) is 0 Å². The number of carbonyl (C=O) groups is 2. The van der Waals surface area contributed by atoms with Crippen molar-refractivity contribution < 1.29 is 14.3 Å². The minimum absolute atomic E-state index is 0.139. The first kappa shape index (κ1) is 16.5. The number of primary amides is 1. The zero-order chi connectivity index (χ0) is 15.8. The highest BCUT2D eigenvalue weighted by Gasteiger charge is 2.18. The van der Waals surface area contributed by atoms with E-state index < -0.39 is 5.91 Å². The molecule has 0 aliphatic heterocycles. The molecule has 0 heterocycles. The highest BCUT2D eigenvalue weighted by molar-refractivity contribution is 5.84. The lowest BCUT2D eigenvalue weighted by Gasteiger charge is -2.23. The Morgan fingerprint density at radius 3 is 2.62 bits per heavy atom. The van der Waals surface area contributed by atoms with Gasteiger partial charge in [-0.1, -0.05) is 26.0 Å². The molecule has 0 spiro atoms. The predicted octanol–water partition coefficient (Wildman–Crippen LogP) is 0.907. The minimum Gasteiger partial charge on any atom is -0.482 e. The zero-order valence-electron chi connectivity index (χ0n) is 12.2. The van der Waals surface area contributed by atoms with Crippen LogP contribution in [0.25, 0.3) is 0 Å². The molecule has 0 bridgehead atoms. The molecule has 0 aliphatic carbocycles. The number of rotatable bonds is 7. The largest absolute Gasteiger partial charge is 0.482 e. The summed E-state index contributed by atoms with van der Waals surface area (Å²) in [6.45, 7) is 3.92. The van der Waals surface area contributed by atoms with Gasteiger partial charge < -0.3 is 15.4 Å². The van der Waals surface area contributed by atoms with Crippen LogP contribution in [-0.4, -0.2) is 36.4 Å². The van der Waals surface area contributed by atoms with Gasteiger partial charge in [-0.15, -0.1) is 0 Å². The van der Waals surface area contributed by atoms with Gasteiger partial charge in [0.25, 0.3) is 5.91 Å². The van der Waals surface area contributed by atoms with E-state index in [0.29, 0.717) is 17.9 Å². The molecule has 2 N–H and O–H groups in total. The zero-order valence-corrected chi connectivity index (χ0v) is 12.2. The van der Waals surface area contributed by atoms with E-state index in [1.54, 1.807) is 24.3 Å². The van der Waals surface area contributed by atoms with E-state index >= 15 is 0 Å². The molecule has 2 amide bonds. The predicted molar refractivity (Wildman–Crippen MR) is 77.3 cm³/mol. The van der Waals surface area contributed by atoms with Gasteiger partial charge in [0, 0.05) is 6.54 Å². The summed E-state index contributed by atoms with van der Waals surface area (Å²) in [5.74, 6) is -0.353. The highest BCUT2D eigenvalue weighted by Crippen LogP contribution is 2.16. The molecule has 0 aromatic heterocycles. The fourth-order valence-corrected chi connectivity index (χ4v) is 1.80. The van der Waals surface area contributed by atoms with Crippen molar-refractivity contribution in [1.29, 1.82) is 5.26 Å². The molecule has 0 aliphatic rings. The summed E-state index contributed by atoms with van der Waals surface area (Å²) in [7, 11) is 0.